The third-order valence-corrected chi connectivity index (χ3v) is 5.03. The van der Waals surface area contributed by atoms with Gasteiger partial charge in [0.15, 0.2) is 0 Å². The SMILES string of the molecule is CCCCCCC(CN)N1CCC(N2CCCC2)C1. The normalized spacial score (nSPS) is 27.2. The summed E-state index contributed by atoms with van der Waals surface area (Å²) in [7, 11) is 0. The molecule has 0 radical (unpaired) electrons. The number of nitrogens with zero attached hydrogens (tertiary/aromatic N) is 2. The van der Waals surface area contributed by atoms with Crippen molar-refractivity contribution in [2.75, 3.05) is 32.7 Å². The van der Waals surface area contributed by atoms with E-state index in [9.17, 15) is 0 Å². The molecule has 19 heavy (non-hydrogen) atoms. The van der Waals surface area contributed by atoms with E-state index >= 15 is 0 Å². The van der Waals surface area contributed by atoms with Crippen molar-refractivity contribution in [2.45, 2.75) is 70.4 Å². The smallest absolute Gasteiger partial charge is 0.0235 e. The zero-order valence-electron chi connectivity index (χ0n) is 12.8. The van der Waals surface area contributed by atoms with Crippen LogP contribution >= 0.6 is 0 Å². The first-order valence-electron chi connectivity index (χ1n) is 8.53. The lowest BCUT2D eigenvalue weighted by Crippen LogP contribution is -2.42. The Labute approximate surface area is 119 Å². The second-order valence-electron chi connectivity index (χ2n) is 6.42. The molecular weight excluding hydrogens is 234 g/mol. The van der Waals surface area contributed by atoms with Gasteiger partial charge < -0.3 is 5.73 Å². The Morgan fingerprint density at radius 3 is 2.58 bits per heavy atom. The molecule has 0 saturated carbocycles. The molecule has 0 spiro atoms. The maximum atomic E-state index is 6.01. The van der Waals surface area contributed by atoms with Crippen LogP contribution in [0.1, 0.15) is 58.3 Å². The Bertz CT molecular complexity index is 238. The quantitative estimate of drug-likeness (QED) is 0.686. The third-order valence-electron chi connectivity index (χ3n) is 5.03. The summed E-state index contributed by atoms with van der Waals surface area (Å²) in [5.41, 5.74) is 6.01. The molecule has 2 unspecified atom stereocenters. The van der Waals surface area contributed by atoms with E-state index in [2.05, 4.69) is 16.7 Å². The number of likely N-dealkylation sites (tertiary alicyclic amines) is 2. The monoisotopic (exact) mass is 267 g/mol. The van der Waals surface area contributed by atoms with Crippen LogP contribution in [0.4, 0.5) is 0 Å². The molecule has 2 fully saturated rings. The predicted molar refractivity (Wildman–Crippen MR) is 82.4 cm³/mol. The van der Waals surface area contributed by atoms with Crippen LogP contribution in [0.15, 0.2) is 0 Å². The Balaban J connectivity index is 1.70. The van der Waals surface area contributed by atoms with Gasteiger partial charge >= 0.3 is 0 Å². The van der Waals surface area contributed by atoms with Crippen molar-refractivity contribution in [2.24, 2.45) is 5.73 Å². The molecule has 0 aromatic rings. The summed E-state index contributed by atoms with van der Waals surface area (Å²) in [6.07, 6.45) is 11.0. The van der Waals surface area contributed by atoms with E-state index in [0.717, 1.165) is 12.6 Å². The zero-order valence-corrected chi connectivity index (χ0v) is 12.8. The lowest BCUT2D eigenvalue weighted by atomic mass is 10.1. The van der Waals surface area contributed by atoms with Gasteiger partial charge in [-0.1, -0.05) is 32.6 Å². The highest BCUT2D eigenvalue weighted by molar-refractivity contribution is 4.88. The van der Waals surface area contributed by atoms with E-state index in [1.165, 1.54) is 77.5 Å². The first-order chi connectivity index (χ1) is 9.35. The first kappa shape index (κ1) is 15.3. The summed E-state index contributed by atoms with van der Waals surface area (Å²) in [5.74, 6) is 0. The highest BCUT2D eigenvalue weighted by atomic mass is 15.3. The lowest BCUT2D eigenvalue weighted by Gasteiger charge is -2.28. The number of hydrogen-bond donors (Lipinski definition) is 1. The molecule has 3 heteroatoms. The molecule has 2 atom stereocenters. The van der Waals surface area contributed by atoms with Crippen LogP contribution in [-0.4, -0.2) is 54.6 Å². The lowest BCUT2D eigenvalue weighted by molar-refractivity contribution is 0.193. The van der Waals surface area contributed by atoms with Gasteiger partial charge in [0.25, 0.3) is 0 Å². The summed E-state index contributed by atoms with van der Waals surface area (Å²) in [4.78, 5) is 5.39. The zero-order chi connectivity index (χ0) is 13.5. The molecule has 2 saturated heterocycles. The van der Waals surface area contributed by atoms with Gasteiger partial charge in [-0.05, 0) is 38.8 Å². The molecule has 2 N–H and O–H groups in total. The predicted octanol–water partition coefficient (Wildman–Crippen LogP) is 2.45. The van der Waals surface area contributed by atoms with Gasteiger partial charge in [0.2, 0.25) is 0 Å². The van der Waals surface area contributed by atoms with Crippen molar-refractivity contribution in [1.82, 2.24) is 9.80 Å². The highest BCUT2D eigenvalue weighted by Gasteiger charge is 2.31. The largest absolute Gasteiger partial charge is 0.329 e. The van der Waals surface area contributed by atoms with E-state index in [1.807, 2.05) is 0 Å². The average molecular weight is 267 g/mol. The van der Waals surface area contributed by atoms with E-state index in [1.54, 1.807) is 0 Å². The van der Waals surface area contributed by atoms with Gasteiger partial charge in [-0.15, -0.1) is 0 Å². The maximum Gasteiger partial charge on any atom is 0.0235 e. The molecule has 0 amide bonds. The summed E-state index contributed by atoms with van der Waals surface area (Å²) in [5, 5.41) is 0. The molecular formula is C16H33N3. The van der Waals surface area contributed by atoms with Crippen LogP contribution in [0.2, 0.25) is 0 Å². The van der Waals surface area contributed by atoms with Gasteiger partial charge in [0.1, 0.15) is 0 Å². The molecule has 2 aliphatic rings. The first-order valence-corrected chi connectivity index (χ1v) is 8.53. The minimum absolute atomic E-state index is 0.643. The summed E-state index contributed by atoms with van der Waals surface area (Å²) in [6.45, 7) is 8.34. The van der Waals surface area contributed by atoms with Gasteiger partial charge in [-0.2, -0.15) is 0 Å². The average Bonchev–Trinajstić information content (AvgIpc) is 3.09. The molecule has 0 bridgehead atoms. The van der Waals surface area contributed by atoms with Gasteiger partial charge in [-0.3, -0.25) is 9.80 Å². The molecule has 2 heterocycles. The maximum absolute atomic E-state index is 6.01. The molecule has 0 aliphatic carbocycles. The molecule has 0 aromatic heterocycles. The minimum atomic E-state index is 0.643. The Morgan fingerprint density at radius 2 is 1.89 bits per heavy atom. The van der Waals surface area contributed by atoms with Crippen LogP contribution in [0.5, 0.6) is 0 Å². The van der Waals surface area contributed by atoms with Crippen molar-refractivity contribution in [3.05, 3.63) is 0 Å². The van der Waals surface area contributed by atoms with Crippen molar-refractivity contribution < 1.29 is 0 Å². The number of nitrogens with two attached hydrogens (primary N) is 1. The molecule has 2 rings (SSSR count). The highest BCUT2D eigenvalue weighted by Crippen LogP contribution is 2.23. The third kappa shape index (κ3) is 4.44. The topological polar surface area (TPSA) is 32.5 Å². The number of hydrogen-bond acceptors (Lipinski definition) is 3. The van der Waals surface area contributed by atoms with Gasteiger partial charge in [0.05, 0.1) is 0 Å². The summed E-state index contributed by atoms with van der Waals surface area (Å²) >= 11 is 0. The Morgan fingerprint density at radius 1 is 1.11 bits per heavy atom. The number of unbranched alkanes of at least 4 members (excludes halogenated alkanes) is 3. The number of rotatable bonds is 8. The van der Waals surface area contributed by atoms with Gasteiger partial charge in [0, 0.05) is 31.7 Å². The minimum Gasteiger partial charge on any atom is -0.329 e. The van der Waals surface area contributed by atoms with Crippen molar-refractivity contribution in [3.63, 3.8) is 0 Å². The fraction of sp³-hybridized carbons (Fsp3) is 1.00. The fourth-order valence-electron chi connectivity index (χ4n) is 3.76. The standard InChI is InChI=1S/C16H33N3/c1-2-3-4-5-8-15(13-17)19-12-9-16(14-19)18-10-6-7-11-18/h15-16H,2-14,17H2,1H3. The van der Waals surface area contributed by atoms with Crippen LogP contribution in [-0.2, 0) is 0 Å². The molecule has 0 aromatic carbocycles. The fourth-order valence-corrected chi connectivity index (χ4v) is 3.76. The van der Waals surface area contributed by atoms with Crippen molar-refractivity contribution >= 4 is 0 Å². The van der Waals surface area contributed by atoms with E-state index < -0.39 is 0 Å². The molecule has 3 nitrogen and oxygen atoms in total. The second-order valence-corrected chi connectivity index (χ2v) is 6.42. The van der Waals surface area contributed by atoms with Crippen molar-refractivity contribution in [3.8, 4) is 0 Å². The van der Waals surface area contributed by atoms with Crippen LogP contribution < -0.4 is 5.73 Å². The van der Waals surface area contributed by atoms with Crippen LogP contribution in [0.3, 0.4) is 0 Å². The van der Waals surface area contributed by atoms with Crippen LogP contribution in [0, 0.1) is 0 Å². The van der Waals surface area contributed by atoms with Crippen molar-refractivity contribution in [1.29, 1.82) is 0 Å². The van der Waals surface area contributed by atoms with Crippen LogP contribution in [0.25, 0.3) is 0 Å². The molecule has 112 valence electrons. The Kier molecular flexibility index (Phi) is 6.62. The van der Waals surface area contributed by atoms with E-state index in [4.69, 9.17) is 5.73 Å². The van der Waals surface area contributed by atoms with Gasteiger partial charge in [-0.25, -0.2) is 0 Å². The Hall–Kier alpha value is -0.120. The van der Waals surface area contributed by atoms with E-state index in [0.29, 0.717) is 6.04 Å². The summed E-state index contributed by atoms with van der Waals surface area (Å²) < 4.78 is 0. The van der Waals surface area contributed by atoms with E-state index in [-0.39, 0.29) is 0 Å². The second kappa shape index (κ2) is 8.23. The molecule has 2 aliphatic heterocycles. The summed E-state index contributed by atoms with van der Waals surface area (Å²) in [6, 6.07) is 1.47.